The van der Waals surface area contributed by atoms with Crippen molar-refractivity contribution >= 4 is 5.91 Å². The van der Waals surface area contributed by atoms with Crippen LogP contribution in [0, 0.1) is 11.3 Å². The minimum absolute atomic E-state index is 0.0232. The van der Waals surface area contributed by atoms with Gasteiger partial charge in [0.05, 0.1) is 17.7 Å². The van der Waals surface area contributed by atoms with Gasteiger partial charge in [0, 0.05) is 0 Å². The average molecular weight is 306 g/mol. The summed E-state index contributed by atoms with van der Waals surface area (Å²) in [5.41, 5.74) is 3.10. The van der Waals surface area contributed by atoms with Crippen LogP contribution in [0.15, 0.2) is 48.5 Å². The van der Waals surface area contributed by atoms with Crippen molar-refractivity contribution in [1.29, 1.82) is 5.26 Å². The predicted octanol–water partition coefficient (Wildman–Crippen LogP) is 3.13. The van der Waals surface area contributed by atoms with Crippen molar-refractivity contribution in [1.82, 2.24) is 5.32 Å². The summed E-state index contributed by atoms with van der Waals surface area (Å²) >= 11 is 0. The molecule has 0 aliphatic heterocycles. The quantitative estimate of drug-likeness (QED) is 0.944. The number of hydrogen-bond acceptors (Lipinski definition) is 3. The number of carbonyl (C=O) groups excluding carboxylic acids is 1. The highest BCUT2D eigenvalue weighted by Gasteiger charge is 2.21. The van der Waals surface area contributed by atoms with Gasteiger partial charge in [-0.1, -0.05) is 24.3 Å². The first kappa shape index (κ1) is 15.1. The summed E-state index contributed by atoms with van der Waals surface area (Å²) in [7, 11) is 0. The Labute approximate surface area is 135 Å². The predicted molar refractivity (Wildman–Crippen MR) is 86.9 cm³/mol. The normalized spacial score (nSPS) is 16.0. The van der Waals surface area contributed by atoms with Gasteiger partial charge >= 0.3 is 0 Å². The van der Waals surface area contributed by atoms with Crippen molar-refractivity contribution in [2.45, 2.75) is 25.3 Å². The fourth-order valence-electron chi connectivity index (χ4n) is 2.91. The van der Waals surface area contributed by atoms with Crippen LogP contribution in [0.3, 0.4) is 0 Å². The van der Waals surface area contributed by atoms with E-state index < -0.39 is 0 Å². The van der Waals surface area contributed by atoms with Gasteiger partial charge in [0.1, 0.15) is 5.75 Å². The van der Waals surface area contributed by atoms with Crippen LogP contribution in [0.4, 0.5) is 0 Å². The lowest BCUT2D eigenvalue weighted by Gasteiger charge is -2.26. The number of nitriles is 1. The van der Waals surface area contributed by atoms with E-state index in [1.54, 1.807) is 24.3 Å². The first-order chi connectivity index (χ1) is 11.3. The smallest absolute Gasteiger partial charge is 0.258 e. The molecule has 0 bridgehead atoms. The van der Waals surface area contributed by atoms with Gasteiger partial charge in [-0.15, -0.1) is 0 Å². The summed E-state index contributed by atoms with van der Waals surface area (Å²) in [5, 5.41) is 11.8. The zero-order valence-electron chi connectivity index (χ0n) is 12.8. The number of nitrogens with zero attached hydrogens (tertiary/aromatic N) is 1. The fourth-order valence-corrected chi connectivity index (χ4v) is 2.91. The number of fused-ring (bicyclic) bond motifs is 1. The molecule has 4 nitrogen and oxygen atoms in total. The SMILES string of the molecule is N#Cc1ccc(OCC(=O)NC2CCCc3ccccc32)cc1. The van der Waals surface area contributed by atoms with Gasteiger partial charge in [-0.05, 0) is 54.7 Å². The van der Waals surface area contributed by atoms with Crippen molar-refractivity contribution in [3.63, 3.8) is 0 Å². The lowest BCUT2D eigenvalue weighted by Crippen LogP contribution is -2.34. The number of ether oxygens (including phenoxy) is 1. The molecule has 1 atom stereocenters. The molecule has 1 aliphatic rings. The summed E-state index contributed by atoms with van der Waals surface area (Å²) in [6.45, 7) is -0.0232. The third-order valence-corrected chi connectivity index (χ3v) is 4.06. The summed E-state index contributed by atoms with van der Waals surface area (Å²) in [6.07, 6.45) is 3.11. The molecule has 0 radical (unpaired) electrons. The first-order valence-corrected chi connectivity index (χ1v) is 7.76. The number of nitrogens with one attached hydrogen (secondary N) is 1. The van der Waals surface area contributed by atoms with E-state index in [0.29, 0.717) is 11.3 Å². The molecule has 0 spiro atoms. The first-order valence-electron chi connectivity index (χ1n) is 7.76. The molecule has 2 aromatic rings. The van der Waals surface area contributed by atoms with E-state index in [0.717, 1.165) is 19.3 Å². The molecule has 0 saturated heterocycles. The lowest BCUT2D eigenvalue weighted by molar-refractivity contribution is -0.123. The molecule has 0 fully saturated rings. The molecule has 1 aliphatic carbocycles. The minimum atomic E-state index is -0.129. The third-order valence-electron chi connectivity index (χ3n) is 4.06. The number of amides is 1. The standard InChI is InChI=1S/C19H18N2O2/c20-12-14-8-10-16(11-9-14)23-13-19(22)21-18-7-3-5-15-4-1-2-6-17(15)18/h1-2,4,6,8-11,18H,3,5,7,13H2,(H,21,22). The van der Waals surface area contributed by atoms with Crippen LogP contribution >= 0.6 is 0 Å². The number of benzene rings is 2. The largest absolute Gasteiger partial charge is 0.484 e. The Balaban J connectivity index is 1.57. The summed E-state index contributed by atoms with van der Waals surface area (Å²) in [5.74, 6) is 0.458. The van der Waals surface area contributed by atoms with Gasteiger partial charge in [0.25, 0.3) is 5.91 Å². The second-order valence-electron chi connectivity index (χ2n) is 5.64. The van der Waals surface area contributed by atoms with E-state index in [-0.39, 0.29) is 18.6 Å². The van der Waals surface area contributed by atoms with E-state index in [1.165, 1.54) is 11.1 Å². The molecule has 4 heteroatoms. The molecule has 23 heavy (non-hydrogen) atoms. The highest BCUT2D eigenvalue weighted by molar-refractivity contribution is 5.78. The Morgan fingerprint density at radius 2 is 2.00 bits per heavy atom. The van der Waals surface area contributed by atoms with Gasteiger partial charge in [0.15, 0.2) is 6.61 Å². The maximum absolute atomic E-state index is 12.1. The van der Waals surface area contributed by atoms with Crippen molar-refractivity contribution < 1.29 is 9.53 Å². The molecule has 3 rings (SSSR count). The van der Waals surface area contributed by atoms with Crippen molar-refractivity contribution in [2.24, 2.45) is 0 Å². The summed E-state index contributed by atoms with van der Waals surface area (Å²) in [4.78, 5) is 12.1. The molecule has 2 aromatic carbocycles. The van der Waals surface area contributed by atoms with Crippen molar-refractivity contribution in [2.75, 3.05) is 6.61 Å². The van der Waals surface area contributed by atoms with Crippen LogP contribution < -0.4 is 10.1 Å². The van der Waals surface area contributed by atoms with E-state index in [9.17, 15) is 4.79 Å². The van der Waals surface area contributed by atoms with E-state index >= 15 is 0 Å². The zero-order chi connectivity index (χ0) is 16.1. The Morgan fingerprint density at radius 3 is 2.78 bits per heavy atom. The van der Waals surface area contributed by atoms with Crippen LogP contribution in [0.2, 0.25) is 0 Å². The van der Waals surface area contributed by atoms with Crippen LogP contribution in [0.25, 0.3) is 0 Å². The highest BCUT2D eigenvalue weighted by Crippen LogP contribution is 2.29. The van der Waals surface area contributed by atoms with E-state index in [4.69, 9.17) is 10.00 Å². The van der Waals surface area contributed by atoms with Crippen LogP contribution in [0.5, 0.6) is 5.75 Å². The Kier molecular flexibility index (Phi) is 4.58. The zero-order valence-corrected chi connectivity index (χ0v) is 12.8. The molecule has 1 amide bonds. The Hall–Kier alpha value is -2.80. The van der Waals surface area contributed by atoms with Crippen LogP contribution in [-0.2, 0) is 11.2 Å². The summed E-state index contributed by atoms with van der Waals surface area (Å²) < 4.78 is 5.48. The molecule has 0 saturated carbocycles. The number of rotatable bonds is 4. The average Bonchev–Trinajstić information content (AvgIpc) is 2.61. The Bertz CT molecular complexity index is 732. The monoisotopic (exact) mass is 306 g/mol. The Morgan fingerprint density at radius 1 is 1.22 bits per heavy atom. The van der Waals surface area contributed by atoms with Crippen LogP contribution in [-0.4, -0.2) is 12.5 Å². The van der Waals surface area contributed by atoms with Gasteiger partial charge < -0.3 is 10.1 Å². The van der Waals surface area contributed by atoms with Gasteiger partial charge in [-0.25, -0.2) is 0 Å². The maximum atomic E-state index is 12.1. The van der Waals surface area contributed by atoms with Gasteiger partial charge in [-0.3, -0.25) is 4.79 Å². The van der Waals surface area contributed by atoms with Gasteiger partial charge in [0.2, 0.25) is 0 Å². The second-order valence-corrected chi connectivity index (χ2v) is 5.64. The van der Waals surface area contributed by atoms with E-state index in [2.05, 4.69) is 17.4 Å². The number of aryl methyl sites for hydroxylation is 1. The molecular formula is C19H18N2O2. The lowest BCUT2D eigenvalue weighted by atomic mass is 9.88. The maximum Gasteiger partial charge on any atom is 0.258 e. The molecular weight excluding hydrogens is 288 g/mol. The van der Waals surface area contributed by atoms with Gasteiger partial charge in [-0.2, -0.15) is 5.26 Å². The second kappa shape index (κ2) is 6.97. The molecule has 1 N–H and O–H groups in total. The highest BCUT2D eigenvalue weighted by atomic mass is 16.5. The van der Waals surface area contributed by atoms with Crippen molar-refractivity contribution in [3.8, 4) is 11.8 Å². The number of hydrogen-bond donors (Lipinski definition) is 1. The van der Waals surface area contributed by atoms with Crippen molar-refractivity contribution in [3.05, 3.63) is 65.2 Å². The topological polar surface area (TPSA) is 62.1 Å². The molecule has 1 unspecified atom stereocenters. The summed E-state index contributed by atoms with van der Waals surface area (Å²) in [6, 6.07) is 17.1. The third kappa shape index (κ3) is 3.70. The minimum Gasteiger partial charge on any atom is -0.484 e. The van der Waals surface area contributed by atoms with Crippen LogP contribution in [0.1, 0.15) is 35.6 Å². The van der Waals surface area contributed by atoms with E-state index in [1.807, 2.05) is 18.2 Å². The fraction of sp³-hybridized carbons (Fsp3) is 0.263. The number of carbonyl (C=O) groups is 1. The molecule has 116 valence electrons. The molecule has 0 aromatic heterocycles. The molecule has 0 heterocycles.